The number of benzene rings is 1. The van der Waals surface area contributed by atoms with Crippen LogP contribution in [0.4, 0.5) is 0 Å². The largest absolute Gasteiger partial charge is 0.379 e. The molecule has 1 atom stereocenters. The molecule has 1 unspecified atom stereocenters. The Morgan fingerprint density at radius 2 is 1.96 bits per heavy atom. The fourth-order valence-electron chi connectivity index (χ4n) is 3.59. The summed E-state index contributed by atoms with van der Waals surface area (Å²) in [5, 5.41) is 6.49. The van der Waals surface area contributed by atoms with E-state index in [2.05, 4.69) is 46.7 Å². The van der Waals surface area contributed by atoms with Gasteiger partial charge in [-0.25, -0.2) is 0 Å². The highest BCUT2D eigenvalue weighted by molar-refractivity contribution is 5.86. The van der Waals surface area contributed by atoms with E-state index in [9.17, 15) is 4.79 Å². The number of hydrogen-bond acceptors (Lipinski definition) is 4. The van der Waals surface area contributed by atoms with Crippen LogP contribution in [0.1, 0.15) is 37.3 Å². The number of ether oxygens (including phenoxy) is 1. The quantitative estimate of drug-likeness (QED) is 0.833. The number of carbonyl (C=O) groups is 1. The highest BCUT2D eigenvalue weighted by atomic mass is 16.5. The van der Waals surface area contributed by atoms with Crippen molar-refractivity contribution in [2.24, 2.45) is 0 Å². The van der Waals surface area contributed by atoms with Crippen LogP contribution < -0.4 is 10.6 Å². The van der Waals surface area contributed by atoms with Gasteiger partial charge in [0.25, 0.3) is 0 Å². The zero-order valence-corrected chi connectivity index (χ0v) is 14.6. The molecular weight excluding hydrogens is 302 g/mol. The average Bonchev–Trinajstić information content (AvgIpc) is 3.12. The highest BCUT2D eigenvalue weighted by Crippen LogP contribution is 2.23. The minimum absolute atomic E-state index is 0.139. The van der Waals surface area contributed by atoms with Crippen molar-refractivity contribution in [2.45, 2.75) is 44.8 Å². The molecule has 0 aliphatic carbocycles. The maximum Gasteiger partial charge on any atom is 0.240 e. The molecule has 2 heterocycles. The molecule has 1 amide bonds. The van der Waals surface area contributed by atoms with Crippen LogP contribution in [-0.4, -0.2) is 49.2 Å². The van der Waals surface area contributed by atoms with Gasteiger partial charge in [-0.3, -0.25) is 9.69 Å². The van der Waals surface area contributed by atoms with E-state index in [0.29, 0.717) is 6.54 Å². The van der Waals surface area contributed by atoms with Crippen molar-refractivity contribution in [3.63, 3.8) is 0 Å². The Balaban J connectivity index is 1.49. The summed E-state index contributed by atoms with van der Waals surface area (Å²) < 4.78 is 5.38. The summed E-state index contributed by atoms with van der Waals surface area (Å²) in [6.45, 7) is 8.26. The Morgan fingerprint density at radius 3 is 2.58 bits per heavy atom. The fraction of sp³-hybridized carbons (Fsp3) is 0.632. The molecule has 5 nitrogen and oxygen atoms in total. The van der Waals surface area contributed by atoms with Gasteiger partial charge in [0.15, 0.2) is 0 Å². The Kier molecular flexibility index (Phi) is 5.87. The minimum Gasteiger partial charge on any atom is -0.379 e. The lowest BCUT2D eigenvalue weighted by Gasteiger charge is -2.27. The number of amides is 1. The van der Waals surface area contributed by atoms with Crippen LogP contribution >= 0.6 is 0 Å². The summed E-state index contributed by atoms with van der Waals surface area (Å²) in [6.07, 6.45) is 2.86. The highest BCUT2D eigenvalue weighted by Gasteiger charge is 2.38. The lowest BCUT2D eigenvalue weighted by atomic mass is 9.93. The molecule has 24 heavy (non-hydrogen) atoms. The predicted molar refractivity (Wildman–Crippen MR) is 94.6 cm³/mol. The van der Waals surface area contributed by atoms with Gasteiger partial charge >= 0.3 is 0 Å². The molecule has 132 valence electrons. The normalized spacial score (nSPS) is 24.9. The van der Waals surface area contributed by atoms with E-state index in [1.165, 1.54) is 5.56 Å². The van der Waals surface area contributed by atoms with E-state index in [1.807, 2.05) is 0 Å². The second-order valence-corrected chi connectivity index (χ2v) is 6.85. The van der Waals surface area contributed by atoms with Crippen LogP contribution in [0.3, 0.4) is 0 Å². The van der Waals surface area contributed by atoms with E-state index < -0.39 is 0 Å². The van der Waals surface area contributed by atoms with Gasteiger partial charge in [-0.15, -0.1) is 0 Å². The SMILES string of the molecule is CCC1(C(=O)NCc2ccc(CN3CCOCC3)cc2)CCCN1. The van der Waals surface area contributed by atoms with E-state index in [0.717, 1.165) is 64.2 Å². The van der Waals surface area contributed by atoms with Crippen molar-refractivity contribution in [1.82, 2.24) is 15.5 Å². The Bertz CT molecular complexity index is 532. The first-order valence-electron chi connectivity index (χ1n) is 9.13. The summed E-state index contributed by atoms with van der Waals surface area (Å²) in [5.41, 5.74) is 2.11. The van der Waals surface area contributed by atoms with Gasteiger partial charge < -0.3 is 15.4 Å². The van der Waals surface area contributed by atoms with Crippen molar-refractivity contribution < 1.29 is 9.53 Å². The maximum atomic E-state index is 12.5. The number of nitrogens with zero attached hydrogens (tertiary/aromatic N) is 1. The first-order valence-corrected chi connectivity index (χ1v) is 9.13. The molecule has 2 N–H and O–H groups in total. The molecule has 2 saturated heterocycles. The standard InChI is InChI=1S/C19H29N3O2/c1-2-19(8-3-9-21-19)18(23)20-14-16-4-6-17(7-5-16)15-22-10-12-24-13-11-22/h4-7,21H,2-3,8-15H2,1H3,(H,20,23). The zero-order chi connectivity index (χ0) is 16.8. The maximum absolute atomic E-state index is 12.5. The molecule has 1 aromatic rings. The van der Waals surface area contributed by atoms with Gasteiger partial charge in [-0.2, -0.15) is 0 Å². The van der Waals surface area contributed by atoms with E-state index in [1.54, 1.807) is 0 Å². The lowest BCUT2D eigenvalue weighted by Crippen LogP contribution is -2.52. The second-order valence-electron chi connectivity index (χ2n) is 6.85. The molecule has 3 rings (SSSR count). The molecule has 0 saturated carbocycles. The average molecular weight is 331 g/mol. The number of morpholine rings is 1. The Morgan fingerprint density at radius 1 is 1.25 bits per heavy atom. The summed E-state index contributed by atoms with van der Waals surface area (Å²) in [4.78, 5) is 14.9. The Labute approximate surface area is 144 Å². The van der Waals surface area contributed by atoms with Gasteiger partial charge in [0.1, 0.15) is 0 Å². The molecule has 2 fully saturated rings. The van der Waals surface area contributed by atoms with Crippen molar-refractivity contribution >= 4 is 5.91 Å². The summed E-state index contributed by atoms with van der Waals surface area (Å²) in [7, 11) is 0. The van der Waals surface area contributed by atoms with Gasteiger partial charge in [-0.1, -0.05) is 31.2 Å². The predicted octanol–water partition coefficient (Wildman–Crippen LogP) is 1.67. The number of hydrogen-bond donors (Lipinski definition) is 2. The third-order valence-corrected chi connectivity index (χ3v) is 5.27. The molecule has 2 aliphatic heterocycles. The molecular formula is C19H29N3O2. The monoisotopic (exact) mass is 331 g/mol. The second kappa shape index (κ2) is 8.10. The van der Waals surface area contributed by atoms with E-state index in [4.69, 9.17) is 4.74 Å². The molecule has 0 bridgehead atoms. The van der Waals surface area contributed by atoms with Gasteiger partial charge in [0.05, 0.1) is 18.8 Å². The number of nitrogens with one attached hydrogen (secondary N) is 2. The first kappa shape index (κ1) is 17.4. The summed E-state index contributed by atoms with van der Waals surface area (Å²) in [6, 6.07) is 8.58. The summed E-state index contributed by atoms with van der Waals surface area (Å²) >= 11 is 0. The number of rotatable bonds is 6. The van der Waals surface area contributed by atoms with Crippen molar-refractivity contribution in [3.8, 4) is 0 Å². The molecule has 2 aliphatic rings. The molecule has 0 radical (unpaired) electrons. The molecule has 5 heteroatoms. The van der Waals surface area contributed by atoms with Gasteiger partial charge in [-0.05, 0) is 36.9 Å². The summed E-state index contributed by atoms with van der Waals surface area (Å²) in [5.74, 6) is 0.139. The molecule has 1 aromatic carbocycles. The van der Waals surface area contributed by atoms with Crippen LogP contribution in [0.25, 0.3) is 0 Å². The zero-order valence-electron chi connectivity index (χ0n) is 14.6. The van der Waals surface area contributed by atoms with Crippen molar-refractivity contribution in [3.05, 3.63) is 35.4 Å². The van der Waals surface area contributed by atoms with Crippen LogP contribution in [0.15, 0.2) is 24.3 Å². The smallest absolute Gasteiger partial charge is 0.240 e. The van der Waals surface area contributed by atoms with Crippen LogP contribution in [-0.2, 0) is 22.6 Å². The lowest BCUT2D eigenvalue weighted by molar-refractivity contribution is -0.127. The van der Waals surface area contributed by atoms with Crippen LogP contribution in [0.5, 0.6) is 0 Å². The van der Waals surface area contributed by atoms with Gasteiger partial charge in [0, 0.05) is 26.2 Å². The minimum atomic E-state index is -0.351. The Hall–Kier alpha value is -1.43. The fourth-order valence-corrected chi connectivity index (χ4v) is 3.59. The van der Waals surface area contributed by atoms with Crippen LogP contribution in [0, 0.1) is 0 Å². The van der Waals surface area contributed by atoms with E-state index in [-0.39, 0.29) is 11.4 Å². The third-order valence-electron chi connectivity index (χ3n) is 5.27. The molecule has 0 spiro atoms. The van der Waals surface area contributed by atoms with Gasteiger partial charge in [0.2, 0.25) is 5.91 Å². The first-order chi connectivity index (χ1) is 11.7. The number of carbonyl (C=O) groups excluding carboxylic acids is 1. The van der Waals surface area contributed by atoms with Crippen LogP contribution in [0.2, 0.25) is 0 Å². The molecule has 0 aromatic heterocycles. The van der Waals surface area contributed by atoms with Crippen molar-refractivity contribution in [1.29, 1.82) is 0 Å². The topological polar surface area (TPSA) is 53.6 Å². The van der Waals surface area contributed by atoms with Crippen molar-refractivity contribution in [2.75, 3.05) is 32.8 Å². The third kappa shape index (κ3) is 4.15. The van der Waals surface area contributed by atoms with E-state index >= 15 is 0 Å².